The first-order chi connectivity index (χ1) is 9.87. The number of hydrazine groups is 1. The fraction of sp³-hybridized carbons (Fsp3) is 0.733. The Morgan fingerprint density at radius 3 is 2.29 bits per heavy atom. The van der Waals surface area contributed by atoms with Gasteiger partial charge in [0.05, 0.1) is 0 Å². The van der Waals surface area contributed by atoms with Gasteiger partial charge in [0.2, 0.25) is 0 Å². The second-order valence-corrected chi connectivity index (χ2v) is 6.19. The predicted octanol–water partition coefficient (Wildman–Crippen LogP) is 2.02. The van der Waals surface area contributed by atoms with Crippen LogP contribution in [0.3, 0.4) is 0 Å². The Hall–Kier alpha value is -1.40. The third-order valence-electron chi connectivity index (χ3n) is 3.33. The van der Waals surface area contributed by atoms with Crippen LogP contribution < -0.4 is 16.6 Å². The minimum absolute atomic E-state index is 0.351. The molecule has 0 fully saturated rings. The quantitative estimate of drug-likeness (QED) is 0.503. The van der Waals surface area contributed by atoms with E-state index in [4.69, 9.17) is 5.84 Å². The highest BCUT2D eigenvalue weighted by Crippen LogP contribution is 2.21. The molecule has 0 aliphatic carbocycles. The van der Waals surface area contributed by atoms with E-state index in [2.05, 4.69) is 53.6 Å². The molecule has 4 N–H and O–H groups in total. The van der Waals surface area contributed by atoms with E-state index in [1.54, 1.807) is 0 Å². The van der Waals surface area contributed by atoms with E-state index in [1.807, 2.05) is 13.8 Å². The lowest BCUT2D eigenvalue weighted by molar-refractivity contribution is 0.356. The molecule has 0 aliphatic heterocycles. The van der Waals surface area contributed by atoms with Gasteiger partial charge in [0.1, 0.15) is 17.5 Å². The van der Waals surface area contributed by atoms with Gasteiger partial charge in [-0.25, -0.2) is 15.8 Å². The Labute approximate surface area is 128 Å². The Bertz CT molecular complexity index is 434. The summed E-state index contributed by atoms with van der Waals surface area (Å²) < 4.78 is 0. The molecule has 0 bridgehead atoms. The smallest absolute Gasteiger partial charge is 0.148 e. The molecule has 1 aromatic heterocycles. The van der Waals surface area contributed by atoms with E-state index in [0.717, 1.165) is 36.6 Å². The van der Waals surface area contributed by atoms with Crippen molar-refractivity contribution in [3.05, 3.63) is 11.4 Å². The maximum absolute atomic E-state index is 5.56. The highest BCUT2D eigenvalue weighted by Gasteiger charge is 2.16. The van der Waals surface area contributed by atoms with Crippen LogP contribution in [0.4, 0.5) is 11.6 Å². The van der Waals surface area contributed by atoms with Crippen molar-refractivity contribution in [2.24, 2.45) is 11.8 Å². The van der Waals surface area contributed by atoms with Crippen LogP contribution in [0.2, 0.25) is 0 Å². The average Bonchev–Trinajstić information content (AvgIpc) is 2.39. The number of nitrogens with zero attached hydrogens (tertiary/aromatic N) is 3. The van der Waals surface area contributed by atoms with Gasteiger partial charge in [-0.15, -0.1) is 0 Å². The third kappa shape index (κ3) is 5.47. The summed E-state index contributed by atoms with van der Waals surface area (Å²) in [6.45, 7) is 9.47. The van der Waals surface area contributed by atoms with Crippen molar-refractivity contribution in [3.63, 3.8) is 0 Å². The lowest BCUT2D eigenvalue weighted by Crippen LogP contribution is -2.34. The minimum Gasteiger partial charge on any atom is -0.366 e. The number of hydrogen-bond donors (Lipinski definition) is 3. The molecule has 6 heteroatoms. The van der Waals surface area contributed by atoms with Gasteiger partial charge in [-0.05, 0) is 33.4 Å². The van der Waals surface area contributed by atoms with Crippen LogP contribution in [0.15, 0.2) is 0 Å². The van der Waals surface area contributed by atoms with Gasteiger partial charge in [0.15, 0.2) is 0 Å². The molecule has 1 atom stereocenters. The third-order valence-corrected chi connectivity index (χ3v) is 3.33. The van der Waals surface area contributed by atoms with Gasteiger partial charge >= 0.3 is 0 Å². The van der Waals surface area contributed by atoms with Gasteiger partial charge in [-0.3, -0.25) is 0 Å². The second-order valence-electron chi connectivity index (χ2n) is 6.19. The largest absolute Gasteiger partial charge is 0.366 e. The number of likely N-dealkylation sites (N-methyl/N-ethyl adjacent to an activating group) is 1. The number of nitrogens with one attached hydrogen (secondary N) is 2. The van der Waals surface area contributed by atoms with Gasteiger partial charge in [-0.2, -0.15) is 0 Å². The van der Waals surface area contributed by atoms with Crippen molar-refractivity contribution in [2.75, 3.05) is 31.4 Å². The second kappa shape index (κ2) is 8.14. The molecule has 0 aromatic carbocycles. The highest BCUT2D eigenvalue weighted by atomic mass is 15.3. The first-order valence-electron chi connectivity index (χ1n) is 7.62. The molecule has 1 heterocycles. The van der Waals surface area contributed by atoms with Crippen molar-refractivity contribution >= 4 is 11.6 Å². The Morgan fingerprint density at radius 2 is 1.81 bits per heavy atom. The van der Waals surface area contributed by atoms with Crippen molar-refractivity contribution in [3.8, 4) is 0 Å². The first kappa shape index (κ1) is 17.7. The lowest BCUT2D eigenvalue weighted by atomic mass is 10.0. The van der Waals surface area contributed by atoms with Crippen LogP contribution in [0.25, 0.3) is 0 Å². The van der Waals surface area contributed by atoms with Crippen molar-refractivity contribution < 1.29 is 0 Å². The zero-order valence-electron chi connectivity index (χ0n) is 14.2. The topological polar surface area (TPSA) is 79.1 Å². The van der Waals surface area contributed by atoms with Crippen LogP contribution >= 0.6 is 0 Å². The molecule has 0 radical (unpaired) electrons. The fourth-order valence-corrected chi connectivity index (χ4v) is 2.38. The monoisotopic (exact) mass is 294 g/mol. The van der Waals surface area contributed by atoms with Gasteiger partial charge < -0.3 is 15.6 Å². The Morgan fingerprint density at radius 1 is 1.19 bits per heavy atom. The Kier molecular flexibility index (Phi) is 6.84. The summed E-state index contributed by atoms with van der Waals surface area (Å²) in [5.41, 5.74) is 3.62. The molecule has 0 aliphatic rings. The van der Waals surface area contributed by atoms with Crippen LogP contribution in [0.1, 0.15) is 38.6 Å². The normalized spacial score (nSPS) is 12.8. The summed E-state index contributed by atoms with van der Waals surface area (Å²) >= 11 is 0. The summed E-state index contributed by atoms with van der Waals surface area (Å²) in [5.74, 6) is 8.55. The van der Waals surface area contributed by atoms with Crippen molar-refractivity contribution in [2.45, 2.75) is 46.6 Å². The molecular weight excluding hydrogens is 264 g/mol. The molecule has 1 aromatic rings. The van der Waals surface area contributed by atoms with Gasteiger partial charge in [-0.1, -0.05) is 20.8 Å². The Balaban J connectivity index is 3.00. The number of aromatic nitrogens is 2. The lowest BCUT2D eigenvalue weighted by Gasteiger charge is -2.25. The molecule has 0 saturated carbocycles. The number of anilines is 2. The highest BCUT2D eigenvalue weighted by molar-refractivity contribution is 5.57. The number of nitrogens with two attached hydrogens (primary N) is 1. The summed E-state index contributed by atoms with van der Waals surface area (Å²) in [4.78, 5) is 11.2. The van der Waals surface area contributed by atoms with Crippen LogP contribution in [0.5, 0.6) is 0 Å². The van der Waals surface area contributed by atoms with Crippen molar-refractivity contribution in [1.29, 1.82) is 0 Å². The molecule has 0 amide bonds. The minimum atomic E-state index is 0.351. The van der Waals surface area contributed by atoms with Crippen molar-refractivity contribution in [1.82, 2.24) is 14.9 Å². The van der Waals surface area contributed by atoms with E-state index in [9.17, 15) is 0 Å². The number of nitrogen functional groups attached to an aromatic ring is 1. The first-order valence-corrected chi connectivity index (χ1v) is 7.62. The fourth-order valence-electron chi connectivity index (χ4n) is 2.38. The summed E-state index contributed by atoms with van der Waals surface area (Å²) in [5, 5.41) is 3.57. The predicted molar refractivity (Wildman–Crippen MR) is 89.4 cm³/mol. The molecular formula is C15H30N6. The average molecular weight is 294 g/mol. The summed E-state index contributed by atoms with van der Waals surface area (Å²) in [6, 6.07) is 0.351. The number of rotatable bonds is 8. The number of aryl methyl sites for hydroxylation is 1. The van der Waals surface area contributed by atoms with Crippen LogP contribution in [0, 0.1) is 12.8 Å². The van der Waals surface area contributed by atoms with Crippen LogP contribution in [-0.4, -0.2) is 41.5 Å². The maximum Gasteiger partial charge on any atom is 0.148 e. The van der Waals surface area contributed by atoms with E-state index in [1.165, 1.54) is 0 Å². The van der Waals surface area contributed by atoms with E-state index in [0.29, 0.717) is 17.8 Å². The van der Waals surface area contributed by atoms with E-state index in [-0.39, 0.29) is 0 Å². The standard InChI is InChI=1S/C15H30N6/c1-7-13-18-14(11(4)15(19-13)20-16)17-12(8-10(2)3)9-21(5)6/h10,12H,7-9,16H2,1-6H3,(H2,17,18,19,20). The van der Waals surface area contributed by atoms with Crippen LogP contribution in [-0.2, 0) is 6.42 Å². The summed E-state index contributed by atoms with van der Waals surface area (Å²) in [6.07, 6.45) is 1.88. The van der Waals surface area contributed by atoms with E-state index >= 15 is 0 Å². The zero-order chi connectivity index (χ0) is 16.0. The molecule has 0 saturated heterocycles. The molecule has 6 nitrogen and oxygen atoms in total. The molecule has 1 unspecified atom stereocenters. The molecule has 21 heavy (non-hydrogen) atoms. The molecule has 1 rings (SSSR count). The van der Waals surface area contributed by atoms with Gasteiger partial charge in [0, 0.05) is 24.6 Å². The molecule has 120 valence electrons. The maximum atomic E-state index is 5.56. The van der Waals surface area contributed by atoms with Gasteiger partial charge in [0.25, 0.3) is 0 Å². The van der Waals surface area contributed by atoms with E-state index < -0.39 is 0 Å². The number of hydrogen-bond acceptors (Lipinski definition) is 6. The zero-order valence-corrected chi connectivity index (χ0v) is 14.2. The SMILES string of the molecule is CCc1nc(NN)c(C)c(NC(CC(C)C)CN(C)C)n1. The summed E-state index contributed by atoms with van der Waals surface area (Å²) in [7, 11) is 4.18. The molecule has 0 spiro atoms.